The quantitative estimate of drug-likeness (QED) is 0.443. The zero-order valence-electron chi connectivity index (χ0n) is 10.1. The van der Waals surface area contributed by atoms with Gasteiger partial charge in [-0.3, -0.25) is 0 Å². The van der Waals surface area contributed by atoms with Crippen LogP contribution in [0, 0.1) is 15.4 Å². The lowest BCUT2D eigenvalue weighted by Crippen LogP contribution is -2.02. The number of carbonyl (C=O) groups is 1. The molecule has 2 aromatic rings. The van der Waals surface area contributed by atoms with Crippen LogP contribution in [0.25, 0.3) is 0 Å². The first-order valence-corrected chi connectivity index (χ1v) is 6.45. The van der Waals surface area contributed by atoms with E-state index in [9.17, 15) is 4.79 Å². The predicted octanol–water partition coefficient (Wildman–Crippen LogP) is 2.27. The lowest BCUT2D eigenvalue weighted by molar-refractivity contribution is 0.0600. The van der Waals surface area contributed by atoms with Crippen LogP contribution in [0.15, 0.2) is 36.7 Å². The lowest BCUT2D eigenvalue weighted by atomic mass is 10.1. The maximum Gasteiger partial charge on any atom is 0.337 e. The van der Waals surface area contributed by atoms with Gasteiger partial charge < -0.3 is 4.74 Å². The number of hydrogen-bond acceptors (Lipinski definition) is 4. The van der Waals surface area contributed by atoms with E-state index in [-0.39, 0.29) is 5.97 Å². The van der Waals surface area contributed by atoms with Gasteiger partial charge >= 0.3 is 5.97 Å². The Balaban J connectivity index is 2.34. The lowest BCUT2D eigenvalue weighted by Gasteiger charge is -2.01. The highest BCUT2D eigenvalue weighted by Gasteiger charge is 2.06. The summed E-state index contributed by atoms with van der Waals surface area (Å²) in [5, 5.41) is 0. The minimum Gasteiger partial charge on any atom is -0.465 e. The third-order valence-corrected chi connectivity index (χ3v) is 2.83. The fraction of sp³-hybridized carbons (Fsp3) is 0.0714. The molecule has 0 bridgehead atoms. The monoisotopic (exact) mass is 364 g/mol. The van der Waals surface area contributed by atoms with Gasteiger partial charge in [-0.2, -0.15) is 0 Å². The normalized spacial score (nSPS) is 9.37. The van der Waals surface area contributed by atoms with Crippen molar-refractivity contribution in [2.75, 3.05) is 7.11 Å². The van der Waals surface area contributed by atoms with Crippen LogP contribution in [-0.4, -0.2) is 23.0 Å². The van der Waals surface area contributed by atoms with Crippen molar-refractivity contribution < 1.29 is 9.53 Å². The van der Waals surface area contributed by atoms with Crippen LogP contribution < -0.4 is 0 Å². The van der Waals surface area contributed by atoms with E-state index >= 15 is 0 Å². The second-order valence-corrected chi connectivity index (χ2v) is 4.79. The average Bonchev–Trinajstić information content (AvgIpc) is 2.45. The molecule has 0 aliphatic rings. The number of rotatable bonds is 1. The van der Waals surface area contributed by atoms with Gasteiger partial charge in [0.2, 0.25) is 5.82 Å². The highest BCUT2D eigenvalue weighted by Crippen LogP contribution is 2.13. The van der Waals surface area contributed by atoms with E-state index in [0.717, 1.165) is 9.13 Å². The highest BCUT2D eigenvalue weighted by molar-refractivity contribution is 14.1. The number of ether oxygens (including phenoxy) is 1. The molecule has 1 heterocycles. The van der Waals surface area contributed by atoms with Crippen LogP contribution in [0.4, 0.5) is 0 Å². The van der Waals surface area contributed by atoms with Gasteiger partial charge in [0.05, 0.1) is 12.7 Å². The number of halogens is 1. The first-order valence-electron chi connectivity index (χ1n) is 5.37. The average molecular weight is 364 g/mol. The number of esters is 1. The van der Waals surface area contributed by atoms with Crippen molar-refractivity contribution in [3.05, 3.63) is 57.2 Å². The predicted molar refractivity (Wildman–Crippen MR) is 78.5 cm³/mol. The summed E-state index contributed by atoms with van der Waals surface area (Å²) in [5.41, 5.74) is 1.20. The number of methoxy groups -OCH3 is 1. The van der Waals surface area contributed by atoms with Crippen molar-refractivity contribution >= 4 is 28.6 Å². The third kappa shape index (κ3) is 3.76. The number of carbonyl (C=O) groups excluding carboxylic acids is 1. The van der Waals surface area contributed by atoms with Crippen molar-refractivity contribution in [2.45, 2.75) is 0 Å². The molecule has 2 rings (SSSR count). The van der Waals surface area contributed by atoms with Crippen LogP contribution in [0.1, 0.15) is 21.7 Å². The van der Waals surface area contributed by atoms with Gasteiger partial charge in [-0.1, -0.05) is 5.92 Å². The number of aromatic nitrogens is 2. The summed E-state index contributed by atoms with van der Waals surface area (Å²) in [6.45, 7) is 0. The summed E-state index contributed by atoms with van der Waals surface area (Å²) in [6.07, 6.45) is 3.26. The molecule has 0 atom stereocenters. The van der Waals surface area contributed by atoms with Crippen molar-refractivity contribution in [2.24, 2.45) is 0 Å². The third-order valence-electron chi connectivity index (χ3n) is 2.20. The second-order valence-electron chi connectivity index (χ2n) is 3.54. The smallest absolute Gasteiger partial charge is 0.337 e. The highest BCUT2D eigenvalue weighted by atomic mass is 127. The Hall–Kier alpha value is -1.94. The molecular formula is C14H9IN2O2. The summed E-state index contributed by atoms with van der Waals surface area (Å²) in [6, 6.07) is 7.04. The standard InChI is InChI=1S/C14H9IN2O2/c1-19-14(18)11-7-10(8-12(15)9-11)3-4-13-16-5-2-6-17-13/h2,5-9H,1H3. The molecule has 0 radical (unpaired) electrons. The molecule has 1 aromatic carbocycles. The summed E-state index contributed by atoms with van der Waals surface area (Å²) in [7, 11) is 1.35. The van der Waals surface area contributed by atoms with Crippen molar-refractivity contribution in [1.82, 2.24) is 9.97 Å². The Morgan fingerprint density at radius 2 is 1.95 bits per heavy atom. The molecule has 0 amide bonds. The largest absolute Gasteiger partial charge is 0.465 e. The molecule has 5 heteroatoms. The van der Waals surface area contributed by atoms with E-state index in [1.807, 2.05) is 6.07 Å². The maximum atomic E-state index is 11.5. The molecule has 0 N–H and O–H groups in total. The minimum absolute atomic E-state index is 0.377. The molecule has 1 aromatic heterocycles. The van der Waals surface area contributed by atoms with Gasteiger partial charge in [0, 0.05) is 21.5 Å². The molecule has 0 aliphatic carbocycles. The van der Waals surface area contributed by atoms with E-state index in [2.05, 4.69) is 44.4 Å². The molecule has 0 unspecified atom stereocenters. The minimum atomic E-state index is -0.377. The van der Waals surface area contributed by atoms with Gasteiger partial charge in [-0.25, -0.2) is 14.8 Å². The van der Waals surface area contributed by atoms with E-state index in [1.165, 1.54) is 7.11 Å². The van der Waals surface area contributed by atoms with Crippen molar-refractivity contribution in [3.8, 4) is 11.8 Å². The van der Waals surface area contributed by atoms with Gasteiger partial charge in [0.1, 0.15) is 0 Å². The van der Waals surface area contributed by atoms with Crippen LogP contribution in [0.3, 0.4) is 0 Å². The molecule has 0 aliphatic heterocycles. The Bertz CT molecular complexity index is 660. The van der Waals surface area contributed by atoms with Crippen molar-refractivity contribution in [1.29, 1.82) is 0 Å². The molecular weight excluding hydrogens is 355 g/mol. The summed E-state index contributed by atoms with van der Waals surface area (Å²) in [5.74, 6) is 5.85. The van der Waals surface area contributed by atoms with E-state index in [4.69, 9.17) is 4.74 Å². The Labute approximate surface area is 124 Å². The summed E-state index contributed by atoms with van der Waals surface area (Å²) in [4.78, 5) is 19.5. The Kier molecular flexibility index (Phi) is 4.47. The SMILES string of the molecule is COC(=O)c1cc(I)cc(C#Cc2ncccn2)c1. The molecule has 0 saturated carbocycles. The van der Waals surface area contributed by atoms with Crippen molar-refractivity contribution in [3.63, 3.8) is 0 Å². The fourth-order valence-corrected chi connectivity index (χ4v) is 2.06. The van der Waals surface area contributed by atoms with Gasteiger partial charge in [-0.05, 0) is 52.8 Å². The zero-order valence-corrected chi connectivity index (χ0v) is 12.2. The van der Waals surface area contributed by atoms with Gasteiger partial charge in [-0.15, -0.1) is 0 Å². The van der Waals surface area contributed by atoms with E-state index < -0.39 is 0 Å². The van der Waals surface area contributed by atoms with Crippen LogP contribution in [0.2, 0.25) is 0 Å². The molecule has 94 valence electrons. The number of benzene rings is 1. The molecule has 0 fully saturated rings. The molecule has 4 nitrogen and oxygen atoms in total. The molecule has 19 heavy (non-hydrogen) atoms. The maximum absolute atomic E-state index is 11.5. The topological polar surface area (TPSA) is 52.1 Å². The molecule has 0 spiro atoms. The van der Waals surface area contributed by atoms with E-state index in [1.54, 1.807) is 30.6 Å². The first kappa shape index (κ1) is 13.5. The second kappa shape index (κ2) is 6.29. The molecule has 0 saturated heterocycles. The van der Waals surface area contributed by atoms with Crippen LogP contribution in [0.5, 0.6) is 0 Å². The zero-order chi connectivity index (χ0) is 13.7. The Morgan fingerprint density at radius 1 is 1.21 bits per heavy atom. The number of hydrogen-bond donors (Lipinski definition) is 0. The Morgan fingerprint density at radius 3 is 2.63 bits per heavy atom. The first-order chi connectivity index (χ1) is 9.19. The fourth-order valence-electron chi connectivity index (χ4n) is 1.39. The van der Waals surface area contributed by atoms with Gasteiger partial charge in [0.15, 0.2) is 0 Å². The van der Waals surface area contributed by atoms with Crippen LogP contribution in [-0.2, 0) is 4.74 Å². The van der Waals surface area contributed by atoms with Crippen LogP contribution >= 0.6 is 22.6 Å². The van der Waals surface area contributed by atoms with E-state index in [0.29, 0.717) is 11.4 Å². The number of nitrogens with zero attached hydrogens (tertiary/aromatic N) is 2. The summed E-state index contributed by atoms with van der Waals surface area (Å²) < 4.78 is 5.61. The van der Waals surface area contributed by atoms with Gasteiger partial charge in [0.25, 0.3) is 0 Å². The summed E-state index contributed by atoms with van der Waals surface area (Å²) >= 11 is 2.13.